The quantitative estimate of drug-likeness (QED) is 0.613. The smallest absolute Gasteiger partial charge is 0.171 e. The molecule has 1 atom stereocenters. The highest BCUT2D eigenvalue weighted by atomic mass is 79.9. The van der Waals surface area contributed by atoms with Crippen LogP contribution in [0.5, 0.6) is 0 Å². The van der Waals surface area contributed by atoms with Crippen LogP contribution in [0.15, 0.2) is 6.20 Å². The molecule has 0 N–H and O–H groups in total. The van der Waals surface area contributed by atoms with Gasteiger partial charge in [-0.3, -0.25) is 4.79 Å². The number of carbonyl (C=O) groups excluding carboxylic acids is 1. The van der Waals surface area contributed by atoms with Crippen molar-refractivity contribution in [2.75, 3.05) is 0 Å². The Morgan fingerprint density at radius 2 is 2.46 bits per heavy atom. The number of alkyl halides is 1. The molecular weight excluding hydrogens is 250 g/mol. The molecule has 0 bridgehead atoms. The Hall–Kier alpha value is -0.220. The highest BCUT2D eigenvalue weighted by molar-refractivity contribution is 9.09. The normalized spacial score (nSPS) is 12.8. The van der Waals surface area contributed by atoms with Gasteiger partial charge in [-0.2, -0.15) is 0 Å². The van der Waals surface area contributed by atoms with Crippen LogP contribution in [0.1, 0.15) is 46.2 Å². The van der Waals surface area contributed by atoms with E-state index in [4.69, 9.17) is 0 Å². The number of hydrogen-bond acceptors (Lipinski definition) is 3. The molecule has 1 aromatic rings. The summed E-state index contributed by atoms with van der Waals surface area (Å²) in [5.74, 6) is 0.0972. The first-order valence-electron chi connectivity index (χ1n) is 4.26. The summed E-state index contributed by atoms with van der Waals surface area (Å²) in [5.41, 5.74) is 0. The maximum atomic E-state index is 11.0. The summed E-state index contributed by atoms with van der Waals surface area (Å²) in [5, 5.41) is 1.01. The third kappa shape index (κ3) is 2.88. The Labute approximate surface area is 90.5 Å². The summed E-state index contributed by atoms with van der Waals surface area (Å²) < 4.78 is 0. The van der Waals surface area contributed by atoms with Crippen molar-refractivity contribution < 1.29 is 4.79 Å². The molecule has 1 heterocycles. The van der Waals surface area contributed by atoms with Crippen LogP contribution in [0.3, 0.4) is 0 Å². The number of carbonyl (C=O) groups is 1. The predicted octanol–water partition coefficient (Wildman–Crippen LogP) is 3.58. The lowest BCUT2D eigenvalue weighted by molar-refractivity contribution is 0.102. The topological polar surface area (TPSA) is 30.0 Å². The molecule has 72 valence electrons. The van der Waals surface area contributed by atoms with Gasteiger partial charge < -0.3 is 0 Å². The van der Waals surface area contributed by atoms with Crippen LogP contribution in [0.25, 0.3) is 0 Å². The van der Waals surface area contributed by atoms with E-state index >= 15 is 0 Å². The van der Waals surface area contributed by atoms with E-state index in [9.17, 15) is 4.79 Å². The Balaban J connectivity index is 2.73. The molecule has 13 heavy (non-hydrogen) atoms. The Bertz CT molecular complexity index is 298. The van der Waals surface area contributed by atoms with Gasteiger partial charge >= 0.3 is 0 Å². The average Bonchev–Trinajstić information content (AvgIpc) is 2.52. The Morgan fingerprint density at radius 1 is 1.77 bits per heavy atom. The minimum Gasteiger partial charge on any atom is -0.294 e. The van der Waals surface area contributed by atoms with Crippen molar-refractivity contribution in [1.82, 2.24) is 4.98 Å². The molecule has 0 aliphatic carbocycles. The molecule has 0 aliphatic rings. The number of thiazole rings is 1. The summed E-state index contributed by atoms with van der Waals surface area (Å²) >= 11 is 5.03. The second-order valence-corrected chi connectivity index (χ2v) is 5.04. The summed E-state index contributed by atoms with van der Waals surface area (Å²) in [6, 6.07) is 0. The fourth-order valence-electron chi connectivity index (χ4n) is 0.972. The van der Waals surface area contributed by atoms with Gasteiger partial charge in [0.1, 0.15) is 5.01 Å². The first kappa shape index (κ1) is 10.9. The van der Waals surface area contributed by atoms with Crippen LogP contribution in [0, 0.1) is 0 Å². The van der Waals surface area contributed by atoms with E-state index in [-0.39, 0.29) is 5.78 Å². The first-order chi connectivity index (χ1) is 6.15. The van der Waals surface area contributed by atoms with Gasteiger partial charge in [0, 0.05) is 13.1 Å². The van der Waals surface area contributed by atoms with Crippen LogP contribution in [-0.2, 0) is 0 Å². The SMILES string of the molecule is CCCC(Br)c1ncc(C(C)=O)s1. The van der Waals surface area contributed by atoms with Crippen molar-refractivity contribution in [1.29, 1.82) is 0 Å². The molecular formula is C9H12BrNOS. The van der Waals surface area contributed by atoms with E-state index < -0.39 is 0 Å². The van der Waals surface area contributed by atoms with Crippen LogP contribution in [-0.4, -0.2) is 10.8 Å². The van der Waals surface area contributed by atoms with Crippen LogP contribution < -0.4 is 0 Å². The van der Waals surface area contributed by atoms with Crippen LogP contribution in [0.2, 0.25) is 0 Å². The molecule has 4 heteroatoms. The molecule has 0 amide bonds. The van der Waals surface area contributed by atoms with E-state index in [2.05, 4.69) is 27.8 Å². The second-order valence-electron chi connectivity index (χ2n) is 2.88. The fourth-order valence-corrected chi connectivity index (χ4v) is 2.65. The molecule has 0 aliphatic heterocycles. The van der Waals surface area contributed by atoms with Crippen molar-refractivity contribution in [3.05, 3.63) is 16.1 Å². The van der Waals surface area contributed by atoms with Crippen molar-refractivity contribution in [3.8, 4) is 0 Å². The number of aromatic nitrogens is 1. The fraction of sp³-hybridized carbons (Fsp3) is 0.556. The highest BCUT2D eigenvalue weighted by Gasteiger charge is 2.12. The van der Waals surface area contributed by atoms with Gasteiger partial charge in [-0.25, -0.2) is 4.98 Å². The van der Waals surface area contributed by atoms with Gasteiger partial charge in [0.25, 0.3) is 0 Å². The zero-order chi connectivity index (χ0) is 9.84. The molecule has 0 radical (unpaired) electrons. The summed E-state index contributed by atoms with van der Waals surface area (Å²) in [6.07, 6.45) is 3.84. The van der Waals surface area contributed by atoms with Crippen LogP contribution >= 0.6 is 27.3 Å². The average molecular weight is 262 g/mol. The molecule has 0 fully saturated rings. The summed E-state index contributed by atoms with van der Waals surface area (Å²) in [7, 11) is 0. The Kier molecular flexibility index (Phi) is 4.06. The van der Waals surface area contributed by atoms with E-state index in [1.54, 1.807) is 13.1 Å². The minimum atomic E-state index is 0.0972. The number of halogens is 1. The van der Waals surface area contributed by atoms with E-state index in [1.165, 1.54) is 11.3 Å². The maximum Gasteiger partial charge on any atom is 0.171 e. The van der Waals surface area contributed by atoms with Gasteiger partial charge in [-0.15, -0.1) is 11.3 Å². The second kappa shape index (κ2) is 4.86. The van der Waals surface area contributed by atoms with Gasteiger partial charge in [-0.1, -0.05) is 29.3 Å². The summed E-state index contributed by atoms with van der Waals surface area (Å²) in [4.78, 5) is 16.2. The van der Waals surface area contributed by atoms with Crippen molar-refractivity contribution in [2.24, 2.45) is 0 Å². The van der Waals surface area contributed by atoms with E-state index in [0.29, 0.717) is 4.83 Å². The maximum absolute atomic E-state index is 11.0. The van der Waals surface area contributed by atoms with Crippen molar-refractivity contribution >= 4 is 33.0 Å². The number of nitrogens with zero attached hydrogens (tertiary/aromatic N) is 1. The molecule has 0 saturated heterocycles. The number of ketones is 1. The third-order valence-corrected chi connectivity index (χ3v) is 4.09. The monoisotopic (exact) mass is 261 g/mol. The molecule has 2 nitrogen and oxygen atoms in total. The number of hydrogen-bond donors (Lipinski definition) is 0. The lowest BCUT2D eigenvalue weighted by Crippen LogP contribution is -1.86. The number of rotatable bonds is 4. The largest absolute Gasteiger partial charge is 0.294 e. The number of Topliss-reactive ketones (excluding diaryl/α,β-unsaturated/α-hetero) is 1. The van der Waals surface area contributed by atoms with E-state index in [1.807, 2.05) is 0 Å². The molecule has 0 saturated carbocycles. The highest BCUT2D eigenvalue weighted by Crippen LogP contribution is 2.30. The third-order valence-electron chi connectivity index (χ3n) is 1.68. The zero-order valence-corrected chi connectivity index (χ0v) is 10.1. The summed E-state index contributed by atoms with van der Waals surface area (Å²) in [6.45, 7) is 3.70. The standard InChI is InChI=1S/C9H12BrNOS/c1-3-4-7(10)9-11-5-8(13-9)6(2)12/h5,7H,3-4H2,1-2H3. The van der Waals surface area contributed by atoms with Crippen molar-refractivity contribution in [3.63, 3.8) is 0 Å². The molecule has 0 spiro atoms. The Morgan fingerprint density at radius 3 is 2.92 bits per heavy atom. The molecule has 1 aromatic heterocycles. The van der Waals surface area contributed by atoms with Gasteiger partial charge in [0.05, 0.1) is 9.70 Å². The molecule has 0 aromatic carbocycles. The lowest BCUT2D eigenvalue weighted by atomic mass is 10.3. The minimum absolute atomic E-state index is 0.0972. The van der Waals surface area contributed by atoms with Crippen LogP contribution in [0.4, 0.5) is 0 Å². The molecule has 1 rings (SSSR count). The first-order valence-corrected chi connectivity index (χ1v) is 5.99. The molecule has 1 unspecified atom stereocenters. The lowest BCUT2D eigenvalue weighted by Gasteiger charge is -2.01. The predicted molar refractivity (Wildman–Crippen MR) is 58.7 cm³/mol. The van der Waals surface area contributed by atoms with Gasteiger partial charge in [0.2, 0.25) is 0 Å². The van der Waals surface area contributed by atoms with Gasteiger partial charge in [-0.05, 0) is 6.42 Å². The van der Waals surface area contributed by atoms with E-state index in [0.717, 1.165) is 22.7 Å². The van der Waals surface area contributed by atoms with Crippen molar-refractivity contribution in [2.45, 2.75) is 31.5 Å². The zero-order valence-electron chi connectivity index (χ0n) is 7.71. The van der Waals surface area contributed by atoms with Gasteiger partial charge in [0.15, 0.2) is 5.78 Å².